The summed E-state index contributed by atoms with van der Waals surface area (Å²) in [5, 5.41) is 2.92. The molecule has 2 aliphatic rings. The number of nitrogens with one attached hydrogen (secondary N) is 1. The third-order valence-electron chi connectivity index (χ3n) is 6.33. The summed E-state index contributed by atoms with van der Waals surface area (Å²) in [6.07, 6.45) is 6.63. The number of carbonyl (C=O) groups is 3. The van der Waals surface area contributed by atoms with Gasteiger partial charge in [-0.15, -0.1) is 11.8 Å². The predicted octanol–water partition coefficient (Wildman–Crippen LogP) is 3.17. The highest BCUT2D eigenvalue weighted by Crippen LogP contribution is 2.34. The number of imide groups is 1. The standard InChI is InChI=1S/C23H26N4O3S/c1-23(21(29)27(22(30)25-23)15-16-7-11-24-12-8-16)18-9-13-26(14-10-18)20(28)17-3-5-19(31-2)6-4-17/h3-8,11-12,18H,9-10,13-15H2,1-2H3,(H,25,30). The molecular weight excluding hydrogens is 412 g/mol. The molecule has 1 unspecified atom stereocenters. The molecule has 1 N–H and O–H groups in total. The molecule has 0 saturated carbocycles. The van der Waals surface area contributed by atoms with Gasteiger partial charge in [-0.25, -0.2) is 4.79 Å². The van der Waals surface area contributed by atoms with E-state index in [0.29, 0.717) is 31.5 Å². The van der Waals surface area contributed by atoms with Gasteiger partial charge in [0, 0.05) is 35.9 Å². The van der Waals surface area contributed by atoms with Crippen molar-refractivity contribution in [2.45, 2.75) is 36.7 Å². The smallest absolute Gasteiger partial charge is 0.325 e. The van der Waals surface area contributed by atoms with Gasteiger partial charge < -0.3 is 10.2 Å². The number of carbonyl (C=O) groups excluding carboxylic acids is 3. The summed E-state index contributed by atoms with van der Waals surface area (Å²) >= 11 is 1.64. The molecule has 4 rings (SSSR count). The zero-order valence-electron chi connectivity index (χ0n) is 17.7. The van der Waals surface area contributed by atoms with Crippen LogP contribution in [-0.4, -0.2) is 57.5 Å². The number of amides is 4. The zero-order chi connectivity index (χ0) is 22.0. The van der Waals surface area contributed by atoms with Crippen LogP contribution in [-0.2, 0) is 11.3 Å². The average molecular weight is 439 g/mol. The van der Waals surface area contributed by atoms with Crippen LogP contribution in [0.15, 0.2) is 53.7 Å². The molecule has 0 radical (unpaired) electrons. The van der Waals surface area contributed by atoms with Gasteiger partial charge in [-0.1, -0.05) is 0 Å². The number of hydrogen-bond donors (Lipinski definition) is 1. The Hall–Kier alpha value is -2.87. The van der Waals surface area contributed by atoms with Gasteiger partial charge in [0.2, 0.25) is 0 Å². The second-order valence-corrected chi connectivity index (χ2v) is 9.05. The number of nitrogens with zero attached hydrogens (tertiary/aromatic N) is 3. The first-order valence-corrected chi connectivity index (χ1v) is 11.6. The summed E-state index contributed by atoms with van der Waals surface area (Å²) in [7, 11) is 0. The van der Waals surface area contributed by atoms with E-state index in [4.69, 9.17) is 0 Å². The van der Waals surface area contributed by atoms with E-state index in [2.05, 4.69) is 10.3 Å². The quantitative estimate of drug-likeness (QED) is 0.573. The van der Waals surface area contributed by atoms with E-state index in [1.54, 1.807) is 36.3 Å². The summed E-state index contributed by atoms with van der Waals surface area (Å²) in [5.74, 6) is -0.210. The number of aromatic nitrogens is 1. The van der Waals surface area contributed by atoms with Crippen LogP contribution in [0.4, 0.5) is 4.79 Å². The van der Waals surface area contributed by atoms with Crippen molar-refractivity contribution < 1.29 is 14.4 Å². The molecule has 0 spiro atoms. The van der Waals surface area contributed by atoms with E-state index in [-0.39, 0.29) is 30.3 Å². The molecule has 3 heterocycles. The van der Waals surface area contributed by atoms with Crippen LogP contribution in [0.25, 0.3) is 0 Å². The van der Waals surface area contributed by atoms with Crippen molar-refractivity contribution in [3.05, 3.63) is 59.9 Å². The average Bonchev–Trinajstić information content (AvgIpc) is 3.03. The Morgan fingerprint density at radius 2 is 1.77 bits per heavy atom. The fourth-order valence-corrected chi connectivity index (χ4v) is 4.79. The molecule has 1 aromatic heterocycles. The fourth-order valence-electron chi connectivity index (χ4n) is 4.38. The minimum Gasteiger partial charge on any atom is -0.339 e. The second kappa shape index (κ2) is 8.70. The summed E-state index contributed by atoms with van der Waals surface area (Å²) in [4.78, 5) is 46.8. The Kier molecular flexibility index (Phi) is 6.00. The monoisotopic (exact) mass is 438 g/mol. The lowest BCUT2D eigenvalue weighted by Gasteiger charge is -2.39. The Morgan fingerprint density at radius 3 is 2.39 bits per heavy atom. The largest absolute Gasteiger partial charge is 0.339 e. The van der Waals surface area contributed by atoms with Crippen molar-refractivity contribution in [1.82, 2.24) is 20.1 Å². The van der Waals surface area contributed by atoms with Crippen LogP contribution in [0.1, 0.15) is 35.7 Å². The first-order chi connectivity index (χ1) is 14.9. The highest BCUT2D eigenvalue weighted by molar-refractivity contribution is 7.98. The third-order valence-corrected chi connectivity index (χ3v) is 7.07. The molecule has 162 valence electrons. The maximum atomic E-state index is 13.2. The lowest BCUT2D eigenvalue weighted by Crippen LogP contribution is -2.54. The van der Waals surface area contributed by atoms with Gasteiger partial charge in [0.05, 0.1) is 6.54 Å². The zero-order valence-corrected chi connectivity index (χ0v) is 18.5. The number of thioether (sulfide) groups is 1. The predicted molar refractivity (Wildman–Crippen MR) is 119 cm³/mol. The molecular formula is C23H26N4O3S. The fraction of sp³-hybridized carbons (Fsp3) is 0.391. The molecule has 2 aliphatic heterocycles. The Balaban J connectivity index is 1.40. The number of likely N-dealkylation sites (tertiary alicyclic amines) is 1. The first-order valence-electron chi connectivity index (χ1n) is 10.4. The summed E-state index contributed by atoms with van der Waals surface area (Å²) in [6, 6.07) is 10.9. The van der Waals surface area contributed by atoms with Gasteiger partial charge in [0.1, 0.15) is 5.54 Å². The summed E-state index contributed by atoms with van der Waals surface area (Å²) < 4.78 is 0. The van der Waals surface area contributed by atoms with E-state index < -0.39 is 5.54 Å². The Morgan fingerprint density at radius 1 is 1.13 bits per heavy atom. The van der Waals surface area contributed by atoms with E-state index in [9.17, 15) is 14.4 Å². The van der Waals surface area contributed by atoms with Gasteiger partial charge in [-0.05, 0) is 73.9 Å². The molecule has 0 bridgehead atoms. The first kappa shape index (κ1) is 21.4. The van der Waals surface area contributed by atoms with Gasteiger partial charge in [-0.2, -0.15) is 0 Å². The van der Waals surface area contributed by atoms with Crippen molar-refractivity contribution in [3.63, 3.8) is 0 Å². The van der Waals surface area contributed by atoms with Crippen LogP contribution >= 0.6 is 11.8 Å². The minimum absolute atomic E-state index is 0.0114. The Labute approximate surface area is 186 Å². The molecule has 8 heteroatoms. The number of urea groups is 1. The highest BCUT2D eigenvalue weighted by atomic mass is 32.2. The second-order valence-electron chi connectivity index (χ2n) is 8.17. The number of rotatable bonds is 5. The van der Waals surface area contributed by atoms with E-state index >= 15 is 0 Å². The van der Waals surface area contributed by atoms with Gasteiger partial charge >= 0.3 is 6.03 Å². The number of hydrogen-bond acceptors (Lipinski definition) is 5. The number of pyridine rings is 1. The lowest BCUT2D eigenvalue weighted by molar-refractivity contribution is -0.133. The van der Waals surface area contributed by atoms with E-state index in [1.165, 1.54) is 4.90 Å². The van der Waals surface area contributed by atoms with Crippen molar-refractivity contribution >= 4 is 29.6 Å². The molecule has 2 aromatic rings. The molecule has 2 saturated heterocycles. The molecule has 31 heavy (non-hydrogen) atoms. The van der Waals surface area contributed by atoms with Gasteiger partial charge in [0.15, 0.2) is 0 Å². The minimum atomic E-state index is -0.945. The molecule has 1 aromatic carbocycles. The lowest BCUT2D eigenvalue weighted by atomic mass is 9.78. The van der Waals surface area contributed by atoms with Crippen LogP contribution in [0.3, 0.4) is 0 Å². The van der Waals surface area contributed by atoms with Crippen LogP contribution in [0.5, 0.6) is 0 Å². The normalized spacial score (nSPS) is 22.0. The topological polar surface area (TPSA) is 82.6 Å². The van der Waals surface area contributed by atoms with Crippen molar-refractivity contribution in [3.8, 4) is 0 Å². The SMILES string of the molecule is CSc1ccc(C(=O)N2CCC(C3(C)NC(=O)N(Cc4ccncc4)C3=O)CC2)cc1. The summed E-state index contributed by atoms with van der Waals surface area (Å²) in [6.45, 7) is 3.17. The van der Waals surface area contributed by atoms with Crippen molar-refractivity contribution in [1.29, 1.82) is 0 Å². The van der Waals surface area contributed by atoms with Crippen molar-refractivity contribution in [2.24, 2.45) is 5.92 Å². The highest BCUT2D eigenvalue weighted by Gasteiger charge is 2.52. The van der Waals surface area contributed by atoms with Crippen LogP contribution in [0, 0.1) is 5.92 Å². The van der Waals surface area contributed by atoms with E-state index in [0.717, 1.165) is 10.5 Å². The molecule has 1 atom stereocenters. The molecule has 4 amide bonds. The number of benzene rings is 1. The number of piperidine rings is 1. The third kappa shape index (κ3) is 4.17. The van der Waals surface area contributed by atoms with Gasteiger partial charge in [0.25, 0.3) is 11.8 Å². The van der Waals surface area contributed by atoms with E-state index in [1.807, 2.05) is 42.3 Å². The van der Waals surface area contributed by atoms with Gasteiger partial charge in [-0.3, -0.25) is 19.5 Å². The molecule has 0 aliphatic carbocycles. The van der Waals surface area contributed by atoms with Crippen LogP contribution < -0.4 is 5.32 Å². The molecule has 7 nitrogen and oxygen atoms in total. The Bertz CT molecular complexity index is 974. The maximum absolute atomic E-state index is 13.2. The van der Waals surface area contributed by atoms with Crippen LogP contribution in [0.2, 0.25) is 0 Å². The van der Waals surface area contributed by atoms with Crippen molar-refractivity contribution in [2.75, 3.05) is 19.3 Å². The molecule has 2 fully saturated rings. The summed E-state index contributed by atoms with van der Waals surface area (Å²) in [5.41, 5.74) is 0.589. The maximum Gasteiger partial charge on any atom is 0.325 e.